The number of imide groups is 1. The van der Waals surface area contributed by atoms with Crippen LogP contribution in [0.4, 0.5) is 10.6 Å². The van der Waals surface area contributed by atoms with Crippen molar-refractivity contribution >= 4 is 23.7 Å². The lowest BCUT2D eigenvalue weighted by Crippen LogP contribution is -2.49. The van der Waals surface area contributed by atoms with Crippen LogP contribution in [0.5, 0.6) is 0 Å². The van der Waals surface area contributed by atoms with Gasteiger partial charge in [0, 0.05) is 6.07 Å². The van der Waals surface area contributed by atoms with E-state index in [-0.39, 0.29) is 18.4 Å². The molecular formula is C21H31N5O3. The predicted molar refractivity (Wildman–Crippen MR) is 108 cm³/mol. The molecule has 8 nitrogen and oxygen atoms in total. The quantitative estimate of drug-likeness (QED) is 0.741. The van der Waals surface area contributed by atoms with Crippen molar-refractivity contribution in [1.82, 2.24) is 20.0 Å². The van der Waals surface area contributed by atoms with E-state index in [4.69, 9.17) is 0 Å². The molecule has 0 bridgehead atoms. The fourth-order valence-corrected chi connectivity index (χ4v) is 5.09. The Morgan fingerprint density at radius 2 is 1.93 bits per heavy atom. The number of hydrogen-bond donors (Lipinski definition) is 2. The Balaban J connectivity index is 1.38. The first kappa shape index (κ1) is 19.9. The topological polar surface area (TPSA) is 96.3 Å². The third-order valence-electron chi connectivity index (χ3n) is 6.94. The van der Waals surface area contributed by atoms with Crippen LogP contribution in [-0.4, -0.2) is 44.6 Å². The molecule has 4 rings (SSSR count). The number of nitrogens with one attached hydrogen (secondary N) is 2. The first-order valence-corrected chi connectivity index (χ1v) is 11.0. The minimum atomic E-state index is -0.813. The Labute approximate surface area is 171 Å². The fourth-order valence-electron chi connectivity index (χ4n) is 5.09. The molecule has 2 aliphatic carbocycles. The lowest BCUT2D eigenvalue weighted by Gasteiger charge is -2.34. The lowest BCUT2D eigenvalue weighted by atomic mass is 9.75. The molecule has 0 unspecified atom stereocenters. The summed E-state index contributed by atoms with van der Waals surface area (Å²) in [6.45, 7) is 1.89. The van der Waals surface area contributed by atoms with Crippen molar-refractivity contribution in [2.75, 3.05) is 11.9 Å². The molecule has 0 radical (unpaired) electrons. The highest BCUT2D eigenvalue weighted by Crippen LogP contribution is 2.37. The third kappa shape index (κ3) is 3.89. The smallest absolute Gasteiger partial charge is 0.323 e. The molecule has 1 spiro atoms. The molecule has 2 N–H and O–H groups in total. The Hall–Kier alpha value is -2.38. The van der Waals surface area contributed by atoms with Crippen LogP contribution in [0.3, 0.4) is 0 Å². The number of rotatable bonds is 5. The van der Waals surface area contributed by atoms with Gasteiger partial charge in [0.25, 0.3) is 5.91 Å². The zero-order chi connectivity index (χ0) is 20.4. The molecule has 0 atom stereocenters. The summed E-state index contributed by atoms with van der Waals surface area (Å²) >= 11 is 0. The van der Waals surface area contributed by atoms with Gasteiger partial charge in [-0.15, -0.1) is 0 Å². The maximum absolute atomic E-state index is 13.0. The van der Waals surface area contributed by atoms with Crippen molar-refractivity contribution in [1.29, 1.82) is 0 Å². The van der Waals surface area contributed by atoms with Crippen LogP contribution in [0.25, 0.3) is 0 Å². The van der Waals surface area contributed by atoms with Crippen molar-refractivity contribution in [2.24, 2.45) is 5.92 Å². The Kier molecular flexibility index (Phi) is 5.61. The largest absolute Gasteiger partial charge is 0.325 e. The van der Waals surface area contributed by atoms with Crippen molar-refractivity contribution < 1.29 is 14.4 Å². The summed E-state index contributed by atoms with van der Waals surface area (Å²) in [5.74, 6) is 0.619. The van der Waals surface area contributed by atoms with Crippen molar-refractivity contribution in [2.45, 2.75) is 82.7 Å². The monoisotopic (exact) mass is 401 g/mol. The predicted octanol–water partition coefficient (Wildman–Crippen LogP) is 3.22. The zero-order valence-electron chi connectivity index (χ0n) is 17.2. The molecule has 4 amide bonds. The van der Waals surface area contributed by atoms with Crippen LogP contribution >= 0.6 is 0 Å². The molecule has 3 aliphatic rings. The van der Waals surface area contributed by atoms with Crippen molar-refractivity contribution in [3.63, 3.8) is 0 Å². The second-order valence-corrected chi connectivity index (χ2v) is 8.76. The normalized spacial score (nSPS) is 28.0. The summed E-state index contributed by atoms with van der Waals surface area (Å²) in [6, 6.07) is 1.61. The summed E-state index contributed by atoms with van der Waals surface area (Å²) in [7, 11) is 0. The van der Waals surface area contributed by atoms with Crippen LogP contribution in [0.2, 0.25) is 0 Å². The first-order chi connectivity index (χ1) is 14.0. The Morgan fingerprint density at radius 3 is 2.62 bits per heavy atom. The van der Waals surface area contributed by atoms with E-state index in [0.717, 1.165) is 37.0 Å². The minimum Gasteiger partial charge on any atom is -0.323 e. The van der Waals surface area contributed by atoms with Gasteiger partial charge >= 0.3 is 6.03 Å². The average molecular weight is 402 g/mol. The third-order valence-corrected chi connectivity index (χ3v) is 6.94. The van der Waals surface area contributed by atoms with Gasteiger partial charge in [-0.3, -0.25) is 14.5 Å². The highest BCUT2D eigenvalue weighted by Gasteiger charge is 2.52. The van der Waals surface area contributed by atoms with Gasteiger partial charge in [-0.2, -0.15) is 5.10 Å². The van der Waals surface area contributed by atoms with E-state index in [1.54, 1.807) is 12.3 Å². The Morgan fingerprint density at radius 1 is 1.21 bits per heavy atom. The molecular weight excluding hydrogens is 370 g/mol. The molecule has 29 heavy (non-hydrogen) atoms. The van der Waals surface area contributed by atoms with Crippen LogP contribution in [0, 0.1) is 5.92 Å². The minimum absolute atomic E-state index is 0.256. The average Bonchev–Trinajstić information content (AvgIpc) is 3.28. The van der Waals surface area contributed by atoms with Crippen LogP contribution in [-0.2, 0) is 9.59 Å². The van der Waals surface area contributed by atoms with E-state index in [0.29, 0.717) is 30.6 Å². The molecule has 1 aromatic rings. The van der Waals surface area contributed by atoms with E-state index in [9.17, 15) is 14.4 Å². The van der Waals surface area contributed by atoms with Crippen molar-refractivity contribution in [3.8, 4) is 0 Å². The Bertz CT molecular complexity index is 775. The van der Waals surface area contributed by atoms with Gasteiger partial charge in [0.2, 0.25) is 5.91 Å². The van der Waals surface area contributed by atoms with Gasteiger partial charge in [-0.25, -0.2) is 9.48 Å². The van der Waals surface area contributed by atoms with Gasteiger partial charge in [0.1, 0.15) is 17.9 Å². The first-order valence-electron chi connectivity index (χ1n) is 11.0. The van der Waals surface area contributed by atoms with E-state index in [1.165, 1.54) is 19.3 Å². The molecule has 0 aromatic carbocycles. The highest BCUT2D eigenvalue weighted by molar-refractivity contribution is 6.10. The number of hydrogen-bond acceptors (Lipinski definition) is 4. The summed E-state index contributed by atoms with van der Waals surface area (Å²) < 4.78 is 1.87. The molecule has 1 aliphatic heterocycles. The molecule has 1 aromatic heterocycles. The molecule has 158 valence electrons. The summed E-state index contributed by atoms with van der Waals surface area (Å²) in [5, 5.41) is 10.1. The number of carbonyl (C=O) groups is 3. The fraction of sp³-hybridized carbons (Fsp3) is 0.714. The van der Waals surface area contributed by atoms with Gasteiger partial charge < -0.3 is 10.6 Å². The molecule has 3 fully saturated rings. The molecule has 1 saturated heterocycles. The maximum atomic E-state index is 13.0. The van der Waals surface area contributed by atoms with Crippen LogP contribution in [0.1, 0.15) is 77.2 Å². The zero-order valence-corrected chi connectivity index (χ0v) is 17.2. The highest BCUT2D eigenvalue weighted by atomic mass is 16.2. The second-order valence-electron chi connectivity index (χ2n) is 8.76. The summed E-state index contributed by atoms with van der Waals surface area (Å²) in [6.07, 6.45) is 11.6. The number of amides is 4. The van der Waals surface area contributed by atoms with Crippen LogP contribution < -0.4 is 10.6 Å². The maximum Gasteiger partial charge on any atom is 0.325 e. The van der Waals surface area contributed by atoms with Gasteiger partial charge in [-0.1, -0.05) is 32.6 Å². The van der Waals surface area contributed by atoms with Gasteiger partial charge in [0.05, 0.1) is 12.2 Å². The van der Waals surface area contributed by atoms with Crippen LogP contribution in [0.15, 0.2) is 12.3 Å². The van der Waals surface area contributed by atoms with E-state index in [1.807, 2.05) is 4.68 Å². The number of carbonyl (C=O) groups excluding carboxylic acids is 3. The SMILES string of the molecule is CCC1CCC2(CC1)NC(=O)N(CC(=O)Nc1ccnn1C1CCCCC1)C2=O. The van der Waals surface area contributed by atoms with Crippen molar-refractivity contribution in [3.05, 3.63) is 12.3 Å². The standard InChI is InChI=1S/C21H31N5O3/c1-2-15-8-11-21(12-9-15)19(28)25(20(29)24-21)14-18(27)23-17-10-13-22-26(17)16-6-4-3-5-7-16/h10,13,15-16H,2-9,11-12,14H2,1H3,(H,23,27)(H,24,29). The molecule has 2 heterocycles. The number of nitrogens with zero attached hydrogens (tertiary/aromatic N) is 3. The molecule has 8 heteroatoms. The second kappa shape index (κ2) is 8.16. The van der Waals surface area contributed by atoms with E-state index >= 15 is 0 Å². The summed E-state index contributed by atoms with van der Waals surface area (Å²) in [5.41, 5.74) is -0.813. The number of urea groups is 1. The van der Waals surface area contributed by atoms with Gasteiger partial charge in [-0.05, 0) is 44.4 Å². The lowest BCUT2D eigenvalue weighted by molar-refractivity contribution is -0.135. The number of aromatic nitrogens is 2. The van der Waals surface area contributed by atoms with Gasteiger partial charge in [0.15, 0.2) is 0 Å². The molecule has 2 saturated carbocycles. The van der Waals surface area contributed by atoms with E-state index in [2.05, 4.69) is 22.7 Å². The summed E-state index contributed by atoms with van der Waals surface area (Å²) in [4.78, 5) is 39.2. The number of anilines is 1. The van der Waals surface area contributed by atoms with E-state index < -0.39 is 11.6 Å².